The lowest BCUT2D eigenvalue weighted by atomic mass is 10.0. The van der Waals surface area contributed by atoms with Gasteiger partial charge in [-0.2, -0.15) is 10.5 Å². The van der Waals surface area contributed by atoms with Gasteiger partial charge in [-0.1, -0.05) is 0 Å². The first kappa shape index (κ1) is 13.2. The highest BCUT2D eigenvalue weighted by molar-refractivity contribution is 6.02. The van der Waals surface area contributed by atoms with Crippen molar-refractivity contribution in [1.82, 2.24) is 0 Å². The number of amides is 1. The van der Waals surface area contributed by atoms with Gasteiger partial charge in [-0.05, 0) is 24.6 Å². The predicted molar refractivity (Wildman–Crippen MR) is 61.7 cm³/mol. The van der Waals surface area contributed by atoms with Gasteiger partial charge in [0.25, 0.3) is 0 Å². The van der Waals surface area contributed by atoms with Crippen LogP contribution in [0.5, 0.6) is 0 Å². The fraction of sp³-hybridized carbons (Fsp3) is 0.167. The van der Waals surface area contributed by atoms with E-state index in [4.69, 9.17) is 15.6 Å². The van der Waals surface area contributed by atoms with Crippen LogP contribution in [0, 0.1) is 29.6 Å². The molecule has 0 bridgehead atoms. The molecule has 0 saturated heterocycles. The van der Waals surface area contributed by atoms with E-state index in [1.165, 1.54) is 12.1 Å². The van der Waals surface area contributed by atoms with E-state index in [2.05, 4.69) is 5.32 Å². The predicted octanol–water partition coefficient (Wildman–Crippen LogP) is 1.42. The zero-order valence-corrected chi connectivity index (χ0v) is 9.52. The summed E-state index contributed by atoms with van der Waals surface area (Å²) in [6.07, 6.45) is -0.363. The van der Waals surface area contributed by atoms with E-state index in [-0.39, 0.29) is 23.2 Å². The number of hydrogen-bond donors (Lipinski definition) is 2. The number of aromatic carboxylic acids is 1. The van der Waals surface area contributed by atoms with E-state index >= 15 is 0 Å². The average molecular weight is 243 g/mol. The number of benzene rings is 1. The quantitative estimate of drug-likeness (QED) is 0.833. The van der Waals surface area contributed by atoms with Crippen LogP contribution in [0.3, 0.4) is 0 Å². The Hall–Kier alpha value is -2.86. The Bertz CT molecular complexity index is 594. The van der Waals surface area contributed by atoms with E-state index in [1.54, 1.807) is 13.0 Å². The van der Waals surface area contributed by atoms with Gasteiger partial charge in [-0.15, -0.1) is 0 Å². The molecule has 1 aromatic carbocycles. The summed E-state index contributed by atoms with van der Waals surface area (Å²) in [6, 6.07) is 6.15. The van der Waals surface area contributed by atoms with E-state index in [0.29, 0.717) is 5.56 Å². The summed E-state index contributed by atoms with van der Waals surface area (Å²) in [5, 5.41) is 28.5. The third kappa shape index (κ3) is 2.83. The molecule has 0 aromatic heterocycles. The van der Waals surface area contributed by atoms with Crippen LogP contribution in [0.4, 0.5) is 5.69 Å². The highest BCUT2D eigenvalue weighted by Gasteiger charge is 2.16. The smallest absolute Gasteiger partial charge is 0.337 e. The highest BCUT2D eigenvalue weighted by Crippen LogP contribution is 2.23. The Labute approximate surface area is 103 Å². The third-order valence-corrected chi connectivity index (χ3v) is 2.20. The van der Waals surface area contributed by atoms with Crippen molar-refractivity contribution in [3.8, 4) is 12.1 Å². The number of carbonyl (C=O) groups is 2. The van der Waals surface area contributed by atoms with Crippen molar-refractivity contribution >= 4 is 17.6 Å². The van der Waals surface area contributed by atoms with Crippen molar-refractivity contribution in [3.63, 3.8) is 0 Å². The molecule has 0 spiro atoms. The molecule has 0 aliphatic heterocycles. The van der Waals surface area contributed by atoms with Gasteiger partial charge in [-0.25, -0.2) is 4.79 Å². The fourth-order valence-electron chi connectivity index (χ4n) is 1.44. The number of carboxylic acids is 1. The summed E-state index contributed by atoms with van der Waals surface area (Å²) in [4.78, 5) is 22.4. The lowest BCUT2D eigenvalue weighted by Gasteiger charge is -2.11. The Morgan fingerprint density at radius 2 is 2.06 bits per heavy atom. The van der Waals surface area contributed by atoms with Gasteiger partial charge >= 0.3 is 5.97 Å². The number of nitriles is 2. The first-order valence-corrected chi connectivity index (χ1v) is 4.94. The normalized spacial score (nSPS) is 9.06. The second-order valence-electron chi connectivity index (χ2n) is 3.52. The molecule has 6 heteroatoms. The van der Waals surface area contributed by atoms with Crippen molar-refractivity contribution in [3.05, 3.63) is 28.8 Å². The minimum Gasteiger partial charge on any atom is -0.478 e. The Balaban J connectivity index is 3.26. The largest absolute Gasteiger partial charge is 0.478 e. The molecule has 0 aliphatic carbocycles. The summed E-state index contributed by atoms with van der Waals surface area (Å²) in [6.45, 7) is 1.58. The second-order valence-corrected chi connectivity index (χ2v) is 3.52. The monoisotopic (exact) mass is 243 g/mol. The summed E-state index contributed by atoms with van der Waals surface area (Å²) in [5.74, 6) is -1.84. The molecule has 0 fully saturated rings. The van der Waals surface area contributed by atoms with Crippen molar-refractivity contribution in [2.45, 2.75) is 13.3 Å². The van der Waals surface area contributed by atoms with Crippen LogP contribution in [0.2, 0.25) is 0 Å². The Morgan fingerprint density at radius 1 is 1.39 bits per heavy atom. The van der Waals surface area contributed by atoms with Crippen LogP contribution in [-0.4, -0.2) is 17.0 Å². The van der Waals surface area contributed by atoms with E-state index in [1.807, 2.05) is 6.07 Å². The van der Waals surface area contributed by atoms with Crippen molar-refractivity contribution in [2.75, 3.05) is 5.32 Å². The molecule has 90 valence electrons. The topological polar surface area (TPSA) is 114 Å². The number of rotatable bonds is 3. The lowest BCUT2D eigenvalue weighted by molar-refractivity contribution is -0.115. The van der Waals surface area contributed by atoms with Crippen LogP contribution in [0.25, 0.3) is 0 Å². The molecular formula is C12H9N3O3. The van der Waals surface area contributed by atoms with E-state index < -0.39 is 11.9 Å². The molecule has 0 aliphatic rings. The maximum Gasteiger partial charge on any atom is 0.337 e. The molecule has 0 radical (unpaired) electrons. The van der Waals surface area contributed by atoms with Gasteiger partial charge in [0.15, 0.2) is 0 Å². The van der Waals surface area contributed by atoms with Gasteiger partial charge < -0.3 is 10.4 Å². The van der Waals surface area contributed by atoms with Gasteiger partial charge in [0, 0.05) is 0 Å². The van der Waals surface area contributed by atoms with Crippen molar-refractivity contribution in [2.24, 2.45) is 0 Å². The first-order chi connectivity index (χ1) is 8.49. The SMILES string of the molecule is Cc1cc(C#N)cc(C(=O)O)c1NC(=O)CC#N. The molecule has 1 aromatic rings. The fourth-order valence-corrected chi connectivity index (χ4v) is 1.44. The lowest BCUT2D eigenvalue weighted by Crippen LogP contribution is -2.15. The summed E-state index contributed by atoms with van der Waals surface area (Å²) < 4.78 is 0. The first-order valence-electron chi connectivity index (χ1n) is 4.94. The van der Waals surface area contributed by atoms with Crippen LogP contribution in [0.15, 0.2) is 12.1 Å². The van der Waals surface area contributed by atoms with Gasteiger partial charge in [-0.3, -0.25) is 4.79 Å². The number of hydrogen-bond acceptors (Lipinski definition) is 4. The maximum atomic E-state index is 11.3. The minimum atomic E-state index is -1.25. The zero-order valence-electron chi connectivity index (χ0n) is 9.52. The number of carbonyl (C=O) groups excluding carboxylic acids is 1. The number of carboxylic acid groups (broad SMARTS) is 1. The van der Waals surface area contributed by atoms with Gasteiger partial charge in [0.05, 0.1) is 29.0 Å². The molecule has 0 atom stereocenters. The van der Waals surface area contributed by atoms with Gasteiger partial charge in [0.1, 0.15) is 6.42 Å². The molecule has 0 unspecified atom stereocenters. The van der Waals surface area contributed by atoms with Crippen LogP contribution in [0.1, 0.15) is 27.9 Å². The van der Waals surface area contributed by atoms with Crippen molar-refractivity contribution < 1.29 is 14.7 Å². The van der Waals surface area contributed by atoms with Crippen LogP contribution in [-0.2, 0) is 4.79 Å². The number of anilines is 1. The highest BCUT2D eigenvalue weighted by atomic mass is 16.4. The Morgan fingerprint density at radius 3 is 2.56 bits per heavy atom. The molecule has 0 heterocycles. The standard InChI is InChI=1S/C12H9N3O3/c1-7-4-8(6-14)5-9(12(17)18)11(7)15-10(16)2-3-13/h4-5H,2H2,1H3,(H,15,16)(H,17,18). The third-order valence-electron chi connectivity index (χ3n) is 2.20. The summed E-state index contributed by atoms with van der Waals surface area (Å²) in [5.41, 5.74) is 0.598. The molecule has 2 N–H and O–H groups in total. The maximum absolute atomic E-state index is 11.3. The zero-order chi connectivity index (χ0) is 13.7. The molecule has 1 amide bonds. The molecule has 6 nitrogen and oxygen atoms in total. The van der Waals surface area contributed by atoms with Crippen LogP contribution >= 0.6 is 0 Å². The number of nitrogens with one attached hydrogen (secondary N) is 1. The van der Waals surface area contributed by atoms with Crippen molar-refractivity contribution in [1.29, 1.82) is 10.5 Å². The molecule has 1 rings (SSSR count). The minimum absolute atomic E-state index is 0.113. The summed E-state index contributed by atoms with van der Waals surface area (Å²) in [7, 11) is 0. The van der Waals surface area contributed by atoms with Crippen LogP contribution < -0.4 is 5.32 Å². The van der Waals surface area contributed by atoms with E-state index in [0.717, 1.165) is 0 Å². The molecule has 18 heavy (non-hydrogen) atoms. The number of nitrogens with zero attached hydrogens (tertiary/aromatic N) is 2. The average Bonchev–Trinajstić information content (AvgIpc) is 2.31. The van der Waals surface area contributed by atoms with Gasteiger partial charge in [0.2, 0.25) is 5.91 Å². The second kappa shape index (κ2) is 5.46. The Kier molecular flexibility index (Phi) is 4.01. The number of aryl methyl sites for hydroxylation is 1. The summed E-state index contributed by atoms with van der Waals surface area (Å²) >= 11 is 0. The van der Waals surface area contributed by atoms with E-state index in [9.17, 15) is 9.59 Å². The molecule has 0 saturated carbocycles. The molecular weight excluding hydrogens is 234 g/mol.